The molecule has 0 amide bonds. The third-order valence-electron chi connectivity index (χ3n) is 5.29. The number of rotatable bonds is 5. The number of aromatic nitrogens is 3. The van der Waals surface area contributed by atoms with Crippen LogP contribution in [0.25, 0.3) is 22.2 Å². The molecule has 0 spiro atoms. The van der Waals surface area contributed by atoms with Crippen LogP contribution >= 0.6 is 0 Å². The van der Waals surface area contributed by atoms with E-state index in [4.69, 9.17) is 4.74 Å². The maximum atomic E-state index is 12.4. The van der Waals surface area contributed by atoms with Crippen molar-refractivity contribution in [3.05, 3.63) is 87.8 Å². The molecule has 2 aromatic heterocycles. The van der Waals surface area contributed by atoms with E-state index < -0.39 is 0 Å². The molecule has 152 valence electrons. The van der Waals surface area contributed by atoms with Crippen LogP contribution < -0.4 is 5.56 Å². The van der Waals surface area contributed by atoms with E-state index in [0.29, 0.717) is 12.2 Å². The van der Waals surface area contributed by atoms with Crippen LogP contribution in [0.3, 0.4) is 0 Å². The van der Waals surface area contributed by atoms with Gasteiger partial charge in [0.2, 0.25) is 0 Å². The molecule has 0 aliphatic heterocycles. The molecule has 30 heavy (non-hydrogen) atoms. The van der Waals surface area contributed by atoms with Crippen molar-refractivity contribution in [3.63, 3.8) is 0 Å². The second kappa shape index (κ2) is 7.99. The van der Waals surface area contributed by atoms with Crippen LogP contribution in [0, 0.1) is 13.8 Å². The van der Waals surface area contributed by atoms with E-state index >= 15 is 0 Å². The van der Waals surface area contributed by atoms with E-state index in [-0.39, 0.29) is 18.1 Å². The molecule has 0 aliphatic rings. The molecule has 6 nitrogen and oxygen atoms in total. The zero-order valence-corrected chi connectivity index (χ0v) is 17.3. The molecule has 4 aromatic rings. The van der Waals surface area contributed by atoms with Crippen molar-refractivity contribution in [2.24, 2.45) is 0 Å². The minimum Gasteiger partial charge on any atom is -0.468 e. The summed E-state index contributed by atoms with van der Waals surface area (Å²) in [4.78, 5) is 24.4. The van der Waals surface area contributed by atoms with Crippen molar-refractivity contribution in [2.75, 3.05) is 7.11 Å². The van der Waals surface area contributed by atoms with Crippen LogP contribution in [-0.4, -0.2) is 27.4 Å². The predicted molar refractivity (Wildman–Crippen MR) is 116 cm³/mol. The first kappa shape index (κ1) is 19.6. The fourth-order valence-electron chi connectivity index (χ4n) is 3.77. The summed E-state index contributed by atoms with van der Waals surface area (Å²) in [6.45, 7) is 4.50. The first-order valence-electron chi connectivity index (χ1n) is 9.76. The first-order chi connectivity index (χ1) is 14.5. The third kappa shape index (κ3) is 3.64. The van der Waals surface area contributed by atoms with Crippen LogP contribution in [0.1, 0.15) is 16.8 Å². The summed E-state index contributed by atoms with van der Waals surface area (Å²) in [6, 6.07) is 19.2. The number of carbonyl (C=O) groups is 1. The van der Waals surface area contributed by atoms with Gasteiger partial charge in [-0.1, -0.05) is 42.0 Å². The normalized spacial score (nSPS) is 11.0. The van der Waals surface area contributed by atoms with E-state index in [1.54, 1.807) is 12.1 Å². The number of ether oxygens (including phenoxy) is 1. The SMILES string of the molecule is COC(=O)Cn1c(C)c(-c2ccc(=O)n(Cc3ccccc3)n2)c2cc(C)ccc21. The molecule has 4 rings (SSSR count). The lowest BCUT2D eigenvalue weighted by Gasteiger charge is -2.09. The molecule has 0 N–H and O–H groups in total. The molecule has 0 aliphatic carbocycles. The van der Waals surface area contributed by atoms with Gasteiger partial charge in [0, 0.05) is 28.2 Å². The number of nitrogens with zero attached hydrogens (tertiary/aromatic N) is 3. The Morgan fingerprint density at radius 2 is 1.80 bits per heavy atom. The Balaban J connectivity index is 1.88. The van der Waals surface area contributed by atoms with Crippen molar-refractivity contribution in [3.8, 4) is 11.3 Å². The summed E-state index contributed by atoms with van der Waals surface area (Å²) >= 11 is 0. The fourth-order valence-corrected chi connectivity index (χ4v) is 3.77. The Bertz CT molecular complexity index is 1290. The Hall–Kier alpha value is -3.67. The predicted octanol–water partition coefficient (Wildman–Crippen LogP) is 3.70. The van der Waals surface area contributed by atoms with Crippen LogP contribution in [-0.2, 0) is 22.6 Å². The molecule has 0 saturated carbocycles. The Labute approximate surface area is 174 Å². The number of esters is 1. The molecule has 0 radical (unpaired) electrons. The number of fused-ring (bicyclic) bond motifs is 1. The molecule has 2 aromatic carbocycles. The molecule has 0 saturated heterocycles. The maximum Gasteiger partial charge on any atom is 0.325 e. The monoisotopic (exact) mass is 401 g/mol. The first-order valence-corrected chi connectivity index (χ1v) is 9.76. The van der Waals surface area contributed by atoms with Gasteiger partial charge in [0.25, 0.3) is 5.56 Å². The minimum atomic E-state index is -0.316. The van der Waals surface area contributed by atoms with Gasteiger partial charge in [-0.15, -0.1) is 0 Å². The van der Waals surface area contributed by atoms with Crippen molar-refractivity contribution in [2.45, 2.75) is 26.9 Å². The second-order valence-corrected chi connectivity index (χ2v) is 7.34. The van der Waals surface area contributed by atoms with Gasteiger partial charge in [0.1, 0.15) is 6.54 Å². The summed E-state index contributed by atoms with van der Waals surface area (Å²) in [5.41, 5.74) is 5.40. The lowest BCUT2D eigenvalue weighted by Crippen LogP contribution is -2.22. The van der Waals surface area contributed by atoms with E-state index in [9.17, 15) is 9.59 Å². The number of hydrogen-bond acceptors (Lipinski definition) is 4. The molecule has 0 fully saturated rings. The average molecular weight is 401 g/mol. The number of aryl methyl sites for hydroxylation is 1. The van der Waals surface area contributed by atoms with Crippen LogP contribution in [0.2, 0.25) is 0 Å². The molecule has 2 heterocycles. The van der Waals surface area contributed by atoms with Gasteiger partial charge in [-0.05, 0) is 37.6 Å². The molecule has 0 atom stereocenters. The third-order valence-corrected chi connectivity index (χ3v) is 5.29. The number of benzene rings is 2. The van der Waals surface area contributed by atoms with Gasteiger partial charge in [-0.3, -0.25) is 9.59 Å². The minimum absolute atomic E-state index is 0.117. The van der Waals surface area contributed by atoms with Crippen molar-refractivity contribution in [1.82, 2.24) is 14.3 Å². The Kier molecular flexibility index (Phi) is 5.23. The molecule has 6 heteroatoms. The lowest BCUT2D eigenvalue weighted by molar-refractivity contribution is -0.141. The highest BCUT2D eigenvalue weighted by Crippen LogP contribution is 2.34. The van der Waals surface area contributed by atoms with Crippen molar-refractivity contribution >= 4 is 16.9 Å². The Morgan fingerprint density at radius 1 is 1.03 bits per heavy atom. The highest BCUT2D eigenvalue weighted by atomic mass is 16.5. The standard InChI is InChI=1S/C24H23N3O3/c1-16-9-11-21-19(13-16)24(17(2)26(21)15-23(29)30-3)20-10-12-22(28)27(25-20)14-18-7-5-4-6-8-18/h4-13H,14-15H2,1-3H3. The molecular weight excluding hydrogens is 378 g/mol. The summed E-state index contributed by atoms with van der Waals surface area (Å²) in [6.07, 6.45) is 0. The molecule has 0 bridgehead atoms. The second-order valence-electron chi connectivity index (χ2n) is 7.34. The largest absolute Gasteiger partial charge is 0.468 e. The molecular formula is C24H23N3O3. The fraction of sp³-hybridized carbons (Fsp3) is 0.208. The summed E-state index contributed by atoms with van der Waals surface area (Å²) in [5, 5.41) is 5.66. The topological polar surface area (TPSA) is 66.1 Å². The van der Waals surface area contributed by atoms with Gasteiger partial charge in [0.05, 0.1) is 19.3 Å². The number of carbonyl (C=O) groups excluding carboxylic acids is 1. The smallest absolute Gasteiger partial charge is 0.325 e. The van der Waals surface area contributed by atoms with Crippen molar-refractivity contribution < 1.29 is 9.53 Å². The van der Waals surface area contributed by atoms with Gasteiger partial charge in [-0.2, -0.15) is 5.10 Å². The van der Waals surface area contributed by atoms with E-state index in [1.807, 2.05) is 60.9 Å². The summed E-state index contributed by atoms with van der Waals surface area (Å²) in [5.74, 6) is -0.316. The lowest BCUT2D eigenvalue weighted by atomic mass is 10.1. The van der Waals surface area contributed by atoms with Crippen LogP contribution in [0.4, 0.5) is 0 Å². The van der Waals surface area contributed by atoms with Gasteiger partial charge < -0.3 is 9.30 Å². The quantitative estimate of drug-likeness (QED) is 0.478. The summed E-state index contributed by atoms with van der Waals surface area (Å²) in [7, 11) is 1.38. The highest BCUT2D eigenvalue weighted by Gasteiger charge is 2.19. The number of methoxy groups -OCH3 is 1. The molecule has 0 unspecified atom stereocenters. The van der Waals surface area contributed by atoms with Gasteiger partial charge >= 0.3 is 5.97 Å². The zero-order valence-electron chi connectivity index (χ0n) is 17.3. The maximum absolute atomic E-state index is 12.4. The van der Waals surface area contributed by atoms with Crippen LogP contribution in [0.15, 0.2) is 65.5 Å². The van der Waals surface area contributed by atoms with E-state index in [0.717, 1.165) is 33.3 Å². The average Bonchev–Trinajstić information content (AvgIpc) is 3.01. The van der Waals surface area contributed by atoms with E-state index in [1.165, 1.54) is 11.8 Å². The van der Waals surface area contributed by atoms with E-state index in [2.05, 4.69) is 11.2 Å². The Morgan fingerprint density at radius 3 is 2.53 bits per heavy atom. The van der Waals surface area contributed by atoms with Gasteiger partial charge in [0.15, 0.2) is 0 Å². The van der Waals surface area contributed by atoms with Crippen molar-refractivity contribution in [1.29, 1.82) is 0 Å². The van der Waals surface area contributed by atoms with Gasteiger partial charge in [-0.25, -0.2) is 4.68 Å². The number of hydrogen-bond donors (Lipinski definition) is 0. The summed E-state index contributed by atoms with van der Waals surface area (Å²) < 4.78 is 8.29. The zero-order chi connectivity index (χ0) is 21.3. The van der Waals surface area contributed by atoms with Crippen LogP contribution in [0.5, 0.6) is 0 Å². The highest BCUT2D eigenvalue weighted by molar-refractivity contribution is 5.98.